The molecule has 106 valence electrons. The monoisotopic (exact) mass is 277 g/mol. The average molecular weight is 277 g/mol. The van der Waals surface area contributed by atoms with Gasteiger partial charge < -0.3 is 4.74 Å². The lowest BCUT2D eigenvalue weighted by Crippen LogP contribution is -2.08. The lowest BCUT2D eigenvalue weighted by atomic mass is 9.94. The maximum absolute atomic E-state index is 9.52. The normalized spacial score (nSPS) is 23.5. The van der Waals surface area contributed by atoms with E-state index in [0.29, 0.717) is 12.5 Å². The highest BCUT2D eigenvalue weighted by atomic mass is 16.5. The van der Waals surface area contributed by atoms with Crippen molar-refractivity contribution in [3.63, 3.8) is 0 Å². The molecule has 2 unspecified atom stereocenters. The second-order valence-corrected chi connectivity index (χ2v) is 5.68. The van der Waals surface area contributed by atoms with E-state index in [9.17, 15) is 5.26 Å². The Kier molecular flexibility index (Phi) is 4.03. The van der Waals surface area contributed by atoms with Crippen molar-refractivity contribution in [2.24, 2.45) is 5.92 Å². The standard InChI is InChI=1S/C19H19NO/c20-15-19(17-9-5-2-6-10-17)13-18(19)11-12-21-14-16-7-3-1-4-8-16/h1-10,18H,11-14H2. The van der Waals surface area contributed by atoms with Crippen LogP contribution in [0.1, 0.15) is 24.0 Å². The van der Waals surface area contributed by atoms with Gasteiger partial charge >= 0.3 is 0 Å². The largest absolute Gasteiger partial charge is 0.377 e. The van der Waals surface area contributed by atoms with Gasteiger partial charge in [-0.2, -0.15) is 5.26 Å². The molecule has 1 aliphatic carbocycles. The van der Waals surface area contributed by atoms with E-state index >= 15 is 0 Å². The lowest BCUT2D eigenvalue weighted by molar-refractivity contribution is 0.114. The van der Waals surface area contributed by atoms with Crippen molar-refractivity contribution >= 4 is 0 Å². The molecule has 1 aliphatic rings. The summed E-state index contributed by atoms with van der Waals surface area (Å²) in [7, 11) is 0. The summed E-state index contributed by atoms with van der Waals surface area (Å²) in [5.41, 5.74) is 2.08. The topological polar surface area (TPSA) is 33.0 Å². The van der Waals surface area contributed by atoms with Gasteiger partial charge in [0.05, 0.1) is 18.1 Å². The minimum atomic E-state index is -0.267. The van der Waals surface area contributed by atoms with Crippen molar-refractivity contribution in [1.29, 1.82) is 5.26 Å². The number of nitriles is 1. The molecule has 1 saturated carbocycles. The fraction of sp³-hybridized carbons (Fsp3) is 0.316. The summed E-state index contributed by atoms with van der Waals surface area (Å²) in [6.07, 6.45) is 1.91. The SMILES string of the molecule is N#CC1(c2ccccc2)CC1CCOCc1ccccc1. The van der Waals surface area contributed by atoms with Crippen LogP contribution in [0.5, 0.6) is 0 Å². The van der Waals surface area contributed by atoms with E-state index in [2.05, 4.69) is 30.3 Å². The number of hydrogen-bond acceptors (Lipinski definition) is 2. The van der Waals surface area contributed by atoms with E-state index < -0.39 is 0 Å². The van der Waals surface area contributed by atoms with Crippen LogP contribution in [0.25, 0.3) is 0 Å². The molecular weight excluding hydrogens is 258 g/mol. The highest BCUT2D eigenvalue weighted by Gasteiger charge is 2.55. The first-order valence-corrected chi connectivity index (χ1v) is 7.43. The van der Waals surface area contributed by atoms with E-state index in [0.717, 1.165) is 25.0 Å². The molecular formula is C19H19NO. The van der Waals surface area contributed by atoms with Crippen LogP contribution in [-0.4, -0.2) is 6.61 Å². The minimum absolute atomic E-state index is 0.267. The summed E-state index contributed by atoms with van der Waals surface area (Å²) >= 11 is 0. The predicted molar refractivity (Wildman–Crippen MR) is 82.6 cm³/mol. The van der Waals surface area contributed by atoms with Crippen molar-refractivity contribution < 1.29 is 4.74 Å². The molecule has 0 heterocycles. The molecule has 0 aliphatic heterocycles. The van der Waals surface area contributed by atoms with Crippen LogP contribution < -0.4 is 0 Å². The van der Waals surface area contributed by atoms with Gasteiger partial charge in [-0.3, -0.25) is 0 Å². The first kappa shape index (κ1) is 13.9. The Labute approximate surface area is 126 Å². The summed E-state index contributed by atoms with van der Waals surface area (Å²) < 4.78 is 5.73. The van der Waals surface area contributed by atoms with Gasteiger partial charge in [0.1, 0.15) is 0 Å². The molecule has 2 aromatic carbocycles. The molecule has 2 aromatic rings. The van der Waals surface area contributed by atoms with E-state index in [1.165, 1.54) is 5.56 Å². The van der Waals surface area contributed by atoms with Crippen molar-refractivity contribution in [1.82, 2.24) is 0 Å². The number of nitrogens with zero attached hydrogens (tertiary/aromatic N) is 1. The van der Waals surface area contributed by atoms with Crippen molar-refractivity contribution in [3.8, 4) is 6.07 Å². The summed E-state index contributed by atoms with van der Waals surface area (Å²) in [6.45, 7) is 1.37. The molecule has 0 N–H and O–H groups in total. The van der Waals surface area contributed by atoms with Crippen LogP contribution in [0.15, 0.2) is 60.7 Å². The summed E-state index contributed by atoms with van der Waals surface area (Å²) in [5, 5.41) is 9.52. The van der Waals surface area contributed by atoms with Crippen LogP contribution in [0.4, 0.5) is 0 Å². The molecule has 0 bridgehead atoms. The first-order chi connectivity index (χ1) is 10.3. The molecule has 0 saturated heterocycles. The first-order valence-electron chi connectivity index (χ1n) is 7.43. The van der Waals surface area contributed by atoms with Crippen LogP contribution >= 0.6 is 0 Å². The Morgan fingerprint density at radius 2 is 1.71 bits per heavy atom. The maximum atomic E-state index is 9.52. The number of rotatable bonds is 6. The maximum Gasteiger partial charge on any atom is 0.0855 e. The lowest BCUT2D eigenvalue weighted by Gasteiger charge is -2.09. The summed E-state index contributed by atoms with van der Waals surface area (Å²) in [4.78, 5) is 0. The zero-order chi connectivity index (χ0) is 14.5. The van der Waals surface area contributed by atoms with Crippen LogP contribution in [0.2, 0.25) is 0 Å². The Hall–Kier alpha value is -2.11. The number of ether oxygens (including phenoxy) is 1. The smallest absolute Gasteiger partial charge is 0.0855 e. The molecule has 2 heteroatoms. The molecule has 2 nitrogen and oxygen atoms in total. The quantitative estimate of drug-likeness (QED) is 0.745. The second-order valence-electron chi connectivity index (χ2n) is 5.68. The Morgan fingerprint density at radius 3 is 2.38 bits per heavy atom. The van der Waals surface area contributed by atoms with Gasteiger partial charge in [-0.15, -0.1) is 0 Å². The molecule has 21 heavy (non-hydrogen) atoms. The van der Waals surface area contributed by atoms with Crippen molar-refractivity contribution in [3.05, 3.63) is 71.8 Å². The zero-order valence-corrected chi connectivity index (χ0v) is 12.0. The third-order valence-corrected chi connectivity index (χ3v) is 4.32. The number of hydrogen-bond donors (Lipinski definition) is 0. The molecule has 0 radical (unpaired) electrons. The molecule has 0 aromatic heterocycles. The molecule has 0 amide bonds. The van der Waals surface area contributed by atoms with Gasteiger partial charge in [-0.1, -0.05) is 60.7 Å². The Morgan fingerprint density at radius 1 is 1.05 bits per heavy atom. The zero-order valence-electron chi connectivity index (χ0n) is 12.0. The highest BCUT2D eigenvalue weighted by Crippen LogP contribution is 2.55. The Balaban J connectivity index is 1.49. The van der Waals surface area contributed by atoms with Gasteiger partial charge in [0.25, 0.3) is 0 Å². The summed E-state index contributed by atoms with van der Waals surface area (Å²) in [5.74, 6) is 0.431. The number of benzene rings is 2. The van der Waals surface area contributed by atoms with E-state index in [-0.39, 0.29) is 5.41 Å². The van der Waals surface area contributed by atoms with Crippen molar-refractivity contribution in [2.75, 3.05) is 6.61 Å². The van der Waals surface area contributed by atoms with Crippen LogP contribution in [-0.2, 0) is 16.8 Å². The molecule has 0 spiro atoms. The van der Waals surface area contributed by atoms with E-state index in [1.807, 2.05) is 36.4 Å². The van der Waals surface area contributed by atoms with Gasteiger partial charge in [0.2, 0.25) is 0 Å². The Bertz CT molecular complexity index is 617. The third-order valence-electron chi connectivity index (χ3n) is 4.32. The average Bonchev–Trinajstić information content (AvgIpc) is 3.28. The molecule has 3 rings (SSSR count). The van der Waals surface area contributed by atoms with Crippen LogP contribution in [0.3, 0.4) is 0 Å². The molecule has 1 fully saturated rings. The second kappa shape index (κ2) is 6.11. The highest BCUT2D eigenvalue weighted by molar-refractivity contribution is 5.41. The fourth-order valence-corrected chi connectivity index (χ4v) is 2.96. The third kappa shape index (κ3) is 2.99. The van der Waals surface area contributed by atoms with Gasteiger partial charge in [0.15, 0.2) is 0 Å². The van der Waals surface area contributed by atoms with Gasteiger partial charge in [0, 0.05) is 6.61 Å². The fourth-order valence-electron chi connectivity index (χ4n) is 2.96. The van der Waals surface area contributed by atoms with Gasteiger partial charge in [-0.25, -0.2) is 0 Å². The molecule has 2 atom stereocenters. The minimum Gasteiger partial charge on any atom is -0.377 e. The van der Waals surface area contributed by atoms with E-state index in [4.69, 9.17) is 4.74 Å². The predicted octanol–water partition coefficient (Wildman–Crippen LogP) is 4.07. The van der Waals surface area contributed by atoms with Gasteiger partial charge in [-0.05, 0) is 29.9 Å². The van der Waals surface area contributed by atoms with Crippen LogP contribution in [0, 0.1) is 17.2 Å². The summed E-state index contributed by atoms with van der Waals surface area (Å²) in [6, 6.07) is 22.9. The van der Waals surface area contributed by atoms with E-state index in [1.54, 1.807) is 0 Å². The van der Waals surface area contributed by atoms with Crippen molar-refractivity contribution in [2.45, 2.75) is 24.9 Å².